The maximum atomic E-state index is 4.74. The van der Waals surface area contributed by atoms with Crippen LogP contribution in [-0.2, 0) is 0 Å². The smallest absolute Gasteiger partial charge is 0.174 e. The molecule has 0 aliphatic carbocycles. The second kappa shape index (κ2) is 5.81. The summed E-state index contributed by atoms with van der Waals surface area (Å²) in [6, 6.07) is 2.05. The van der Waals surface area contributed by atoms with Gasteiger partial charge in [-0.25, -0.2) is 9.67 Å². The molecule has 0 atom stereocenters. The third-order valence-corrected chi connectivity index (χ3v) is 3.98. The molecule has 112 valence electrons. The zero-order chi connectivity index (χ0) is 14.8. The fraction of sp³-hybridized carbons (Fsp3) is 0.533. The van der Waals surface area contributed by atoms with Gasteiger partial charge in [0, 0.05) is 31.9 Å². The Morgan fingerprint density at radius 1 is 1.05 bits per heavy atom. The summed E-state index contributed by atoms with van der Waals surface area (Å²) in [7, 11) is 0. The highest BCUT2D eigenvalue weighted by atomic mass is 15.3. The number of anilines is 1. The first-order valence-corrected chi connectivity index (χ1v) is 7.50. The van der Waals surface area contributed by atoms with E-state index in [1.54, 1.807) is 6.20 Å². The van der Waals surface area contributed by atoms with Crippen LogP contribution in [0.5, 0.6) is 0 Å². The van der Waals surface area contributed by atoms with Gasteiger partial charge in [-0.1, -0.05) is 6.92 Å². The van der Waals surface area contributed by atoms with Crippen molar-refractivity contribution in [3.63, 3.8) is 0 Å². The molecule has 0 radical (unpaired) electrons. The van der Waals surface area contributed by atoms with E-state index in [-0.39, 0.29) is 0 Å². The molecule has 1 aliphatic heterocycles. The highest BCUT2D eigenvalue weighted by Crippen LogP contribution is 2.16. The van der Waals surface area contributed by atoms with Crippen LogP contribution in [-0.4, -0.2) is 57.4 Å². The Balaban J connectivity index is 1.82. The molecule has 2 aromatic heterocycles. The molecule has 0 aromatic carbocycles. The Morgan fingerprint density at radius 3 is 2.38 bits per heavy atom. The Labute approximate surface area is 125 Å². The number of hydrogen-bond acceptors (Lipinski definition) is 5. The average molecular weight is 286 g/mol. The first kappa shape index (κ1) is 14.0. The number of piperazine rings is 1. The van der Waals surface area contributed by atoms with Gasteiger partial charge in [-0.15, -0.1) is 0 Å². The van der Waals surface area contributed by atoms with Crippen LogP contribution < -0.4 is 4.90 Å². The Hall–Kier alpha value is -1.95. The lowest BCUT2D eigenvalue weighted by Crippen LogP contribution is -2.46. The van der Waals surface area contributed by atoms with Crippen molar-refractivity contribution in [3.8, 4) is 5.82 Å². The second-order valence-electron chi connectivity index (χ2n) is 5.50. The van der Waals surface area contributed by atoms with Gasteiger partial charge in [0.15, 0.2) is 5.82 Å². The molecule has 0 unspecified atom stereocenters. The molecule has 21 heavy (non-hydrogen) atoms. The molecule has 1 aliphatic rings. The highest BCUT2D eigenvalue weighted by molar-refractivity contribution is 5.40. The molecule has 0 N–H and O–H groups in total. The summed E-state index contributed by atoms with van der Waals surface area (Å²) >= 11 is 0. The van der Waals surface area contributed by atoms with Gasteiger partial charge in [-0.3, -0.25) is 4.98 Å². The summed E-state index contributed by atoms with van der Waals surface area (Å²) in [6.07, 6.45) is 3.61. The van der Waals surface area contributed by atoms with E-state index < -0.39 is 0 Å². The lowest BCUT2D eigenvalue weighted by atomic mass is 10.3. The van der Waals surface area contributed by atoms with E-state index in [2.05, 4.69) is 26.8 Å². The van der Waals surface area contributed by atoms with E-state index in [1.165, 1.54) is 0 Å². The van der Waals surface area contributed by atoms with Crippen molar-refractivity contribution in [1.82, 2.24) is 24.6 Å². The first-order chi connectivity index (χ1) is 10.2. The summed E-state index contributed by atoms with van der Waals surface area (Å²) in [5.41, 5.74) is 2.08. The minimum absolute atomic E-state index is 0.788. The van der Waals surface area contributed by atoms with Gasteiger partial charge in [0.1, 0.15) is 5.82 Å². The minimum Gasteiger partial charge on any atom is -0.353 e. The SMILES string of the molecule is CCN1CCN(c2cncc(-n3nc(C)cc3C)n2)CC1. The van der Waals surface area contributed by atoms with Crippen molar-refractivity contribution in [2.45, 2.75) is 20.8 Å². The predicted molar refractivity (Wildman–Crippen MR) is 83.0 cm³/mol. The van der Waals surface area contributed by atoms with Crippen molar-refractivity contribution in [2.75, 3.05) is 37.6 Å². The van der Waals surface area contributed by atoms with Crippen LogP contribution in [0.15, 0.2) is 18.5 Å². The van der Waals surface area contributed by atoms with Gasteiger partial charge >= 0.3 is 0 Å². The summed E-state index contributed by atoms with van der Waals surface area (Å²) in [5, 5.41) is 4.48. The summed E-state index contributed by atoms with van der Waals surface area (Å²) < 4.78 is 1.86. The van der Waals surface area contributed by atoms with Gasteiger partial charge in [-0.05, 0) is 26.5 Å². The van der Waals surface area contributed by atoms with Gasteiger partial charge in [0.25, 0.3) is 0 Å². The molecule has 6 nitrogen and oxygen atoms in total. The predicted octanol–water partition coefficient (Wildman–Crippen LogP) is 1.42. The van der Waals surface area contributed by atoms with Crippen molar-refractivity contribution in [1.29, 1.82) is 0 Å². The van der Waals surface area contributed by atoms with Crippen molar-refractivity contribution in [3.05, 3.63) is 29.8 Å². The number of likely N-dealkylation sites (N-methyl/N-ethyl adjacent to an activating group) is 1. The fourth-order valence-electron chi connectivity index (χ4n) is 2.75. The van der Waals surface area contributed by atoms with E-state index in [0.29, 0.717) is 0 Å². The lowest BCUT2D eigenvalue weighted by molar-refractivity contribution is 0.270. The van der Waals surface area contributed by atoms with Crippen LogP contribution in [0.25, 0.3) is 5.82 Å². The molecule has 1 saturated heterocycles. The third-order valence-electron chi connectivity index (χ3n) is 3.98. The summed E-state index contributed by atoms with van der Waals surface area (Å²) in [5.74, 6) is 1.73. The maximum absolute atomic E-state index is 4.74. The van der Waals surface area contributed by atoms with E-state index in [9.17, 15) is 0 Å². The number of aromatic nitrogens is 4. The number of hydrogen-bond donors (Lipinski definition) is 0. The highest BCUT2D eigenvalue weighted by Gasteiger charge is 2.17. The second-order valence-corrected chi connectivity index (χ2v) is 5.50. The molecule has 1 fully saturated rings. The Morgan fingerprint density at radius 2 is 1.76 bits per heavy atom. The Bertz CT molecular complexity index is 612. The number of rotatable bonds is 3. The summed E-state index contributed by atoms with van der Waals surface area (Å²) in [6.45, 7) is 11.5. The third kappa shape index (κ3) is 2.90. The minimum atomic E-state index is 0.788. The molecular weight excluding hydrogens is 264 g/mol. The zero-order valence-electron chi connectivity index (χ0n) is 13.0. The van der Waals surface area contributed by atoms with Crippen LogP contribution >= 0.6 is 0 Å². The summed E-state index contributed by atoms with van der Waals surface area (Å²) in [4.78, 5) is 13.8. The van der Waals surface area contributed by atoms with Crippen LogP contribution in [0.1, 0.15) is 18.3 Å². The molecule has 2 aromatic rings. The van der Waals surface area contributed by atoms with E-state index >= 15 is 0 Å². The normalized spacial score (nSPS) is 16.4. The molecule has 6 heteroatoms. The maximum Gasteiger partial charge on any atom is 0.174 e. The molecule has 0 amide bonds. The van der Waals surface area contributed by atoms with Crippen LogP contribution in [0.4, 0.5) is 5.82 Å². The lowest BCUT2D eigenvalue weighted by Gasteiger charge is -2.34. The standard InChI is InChI=1S/C15H22N6/c1-4-19-5-7-20(8-6-19)14-10-16-11-15(17-14)21-13(3)9-12(2)18-21/h9-11H,4-8H2,1-3H3. The van der Waals surface area contributed by atoms with Crippen LogP contribution in [0.2, 0.25) is 0 Å². The van der Waals surface area contributed by atoms with Gasteiger partial charge in [-0.2, -0.15) is 5.10 Å². The number of aryl methyl sites for hydroxylation is 2. The molecule has 0 bridgehead atoms. The van der Waals surface area contributed by atoms with Crippen molar-refractivity contribution < 1.29 is 0 Å². The molecule has 0 spiro atoms. The van der Waals surface area contributed by atoms with Crippen LogP contribution in [0.3, 0.4) is 0 Å². The quantitative estimate of drug-likeness (QED) is 0.854. The molecule has 0 saturated carbocycles. The van der Waals surface area contributed by atoms with Gasteiger partial charge < -0.3 is 9.80 Å². The van der Waals surface area contributed by atoms with E-state index in [1.807, 2.05) is 30.8 Å². The van der Waals surface area contributed by atoms with E-state index in [4.69, 9.17) is 4.98 Å². The molecule has 3 heterocycles. The topological polar surface area (TPSA) is 50.1 Å². The first-order valence-electron chi connectivity index (χ1n) is 7.50. The largest absolute Gasteiger partial charge is 0.353 e. The molecule has 3 rings (SSSR count). The van der Waals surface area contributed by atoms with Crippen LogP contribution in [0, 0.1) is 13.8 Å². The van der Waals surface area contributed by atoms with E-state index in [0.717, 1.165) is 55.7 Å². The Kier molecular flexibility index (Phi) is 3.88. The average Bonchev–Trinajstić information content (AvgIpc) is 2.86. The number of nitrogens with zero attached hydrogens (tertiary/aromatic N) is 6. The molecular formula is C15H22N6. The fourth-order valence-corrected chi connectivity index (χ4v) is 2.75. The van der Waals surface area contributed by atoms with Gasteiger partial charge in [0.2, 0.25) is 0 Å². The van der Waals surface area contributed by atoms with Gasteiger partial charge in [0.05, 0.1) is 18.1 Å². The van der Waals surface area contributed by atoms with Crippen molar-refractivity contribution >= 4 is 5.82 Å². The zero-order valence-corrected chi connectivity index (χ0v) is 13.0. The van der Waals surface area contributed by atoms with Crippen molar-refractivity contribution in [2.24, 2.45) is 0 Å². The monoisotopic (exact) mass is 286 g/mol.